The third kappa shape index (κ3) is 2.89. The minimum Gasteiger partial charge on any atom is -0.370 e. The van der Waals surface area contributed by atoms with Crippen LogP contribution in [0.3, 0.4) is 0 Å². The van der Waals surface area contributed by atoms with Crippen molar-refractivity contribution in [3.05, 3.63) is 34.9 Å². The van der Waals surface area contributed by atoms with Crippen LogP contribution in [0, 0.1) is 0 Å². The van der Waals surface area contributed by atoms with Crippen LogP contribution in [0.25, 0.3) is 0 Å². The van der Waals surface area contributed by atoms with Crippen LogP contribution in [-0.2, 0) is 17.6 Å². The topological polar surface area (TPSA) is 210 Å². The molecule has 4 atom stereocenters. The lowest BCUT2D eigenvalue weighted by atomic mass is 9.84. The number of aliphatic hydroxyl groups is 2. The molecule has 33 heavy (non-hydrogen) atoms. The van der Waals surface area contributed by atoms with Crippen LogP contribution in [-0.4, -0.2) is 79.8 Å². The summed E-state index contributed by atoms with van der Waals surface area (Å²) in [5.41, 5.74) is 14.2. The first-order chi connectivity index (χ1) is 15.7. The number of hydroxylamine groups is 1. The third-order valence-corrected chi connectivity index (χ3v) is 7.11. The van der Waals surface area contributed by atoms with Crippen LogP contribution in [0.1, 0.15) is 34.3 Å². The largest absolute Gasteiger partial charge is 0.370 e. The number of hydrogen-bond acceptors (Lipinski definition) is 10. The summed E-state index contributed by atoms with van der Waals surface area (Å²) in [7, 11) is 0. The van der Waals surface area contributed by atoms with Gasteiger partial charge in [0.05, 0.1) is 6.54 Å². The fourth-order valence-corrected chi connectivity index (χ4v) is 5.57. The van der Waals surface area contributed by atoms with Gasteiger partial charge >= 0.3 is 5.96 Å². The highest BCUT2D eigenvalue weighted by Gasteiger charge is 2.75. The van der Waals surface area contributed by atoms with Crippen molar-refractivity contribution in [2.45, 2.75) is 55.3 Å². The average molecular weight is 459 g/mol. The molecule has 1 saturated heterocycles. The lowest BCUT2D eigenvalue weighted by molar-refractivity contribution is -0.622. The van der Waals surface area contributed by atoms with Crippen molar-refractivity contribution in [2.24, 2.45) is 16.5 Å². The zero-order chi connectivity index (χ0) is 23.5. The second-order valence-corrected chi connectivity index (χ2v) is 8.85. The molecule has 4 aliphatic rings. The van der Waals surface area contributed by atoms with E-state index in [-0.39, 0.29) is 18.5 Å². The van der Waals surface area contributed by atoms with E-state index in [1.807, 2.05) is 12.1 Å². The van der Waals surface area contributed by atoms with Gasteiger partial charge in [-0.15, -0.1) is 0 Å². The maximum Gasteiger partial charge on any atom is 0.346 e. The van der Waals surface area contributed by atoms with Crippen LogP contribution in [0.15, 0.2) is 23.2 Å². The Kier molecular flexibility index (Phi) is 4.74. The molecule has 176 valence electrons. The number of carbonyl (C=O) groups is 2. The molecule has 0 bridgehead atoms. The Morgan fingerprint density at radius 2 is 1.97 bits per heavy atom. The van der Waals surface area contributed by atoms with Gasteiger partial charge in [0.2, 0.25) is 11.4 Å². The molecule has 1 aromatic carbocycles. The molecule has 1 unspecified atom stereocenters. The van der Waals surface area contributed by atoms with Gasteiger partial charge in [0.25, 0.3) is 11.8 Å². The van der Waals surface area contributed by atoms with E-state index in [0.29, 0.717) is 5.56 Å². The number of benzene rings is 1. The van der Waals surface area contributed by atoms with Crippen molar-refractivity contribution in [3.8, 4) is 0 Å². The molecule has 2 amide bonds. The third-order valence-electron chi connectivity index (χ3n) is 7.11. The lowest BCUT2D eigenvalue weighted by Crippen LogP contribution is -2.80. The number of aliphatic imine (C=N–C) groups is 1. The van der Waals surface area contributed by atoms with Gasteiger partial charge in [-0.25, -0.2) is 15.0 Å². The first-order valence-electron chi connectivity index (χ1n) is 10.8. The number of nitrogens with two attached hydrogens (primary N) is 2. The fourth-order valence-electron chi connectivity index (χ4n) is 5.57. The molecular formula is C20H27N8O5+. The average Bonchev–Trinajstić information content (AvgIpc) is 3.27. The Hall–Kier alpha value is -3.42. The number of rotatable bonds is 3. The van der Waals surface area contributed by atoms with Gasteiger partial charge in [-0.1, -0.05) is 12.1 Å². The summed E-state index contributed by atoms with van der Waals surface area (Å²) < 4.78 is 1.38. The molecule has 13 heteroatoms. The summed E-state index contributed by atoms with van der Waals surface area (Å²) in [6.45, 7) is -0.105. The minimum atomic E-state index is -2.65. The van der Waals surface area contributed by atoms with Crippen molar-refractivity contribution in [2.75, 3.05) is 6.54 Å². The van der Waals surface area contributed by atoms with E-state index in [2.05, 4.69) is 20.9 Å². The minimum absolute atomic E-state index is 0.0708. The number of carbonyl (C=O) groups excluding carboxylic acids is 2. The fraction of sp³-hybridized carbons (Fsp3) is 0.500. The molecular weight excluding hydrogens is 432 g/mol. The second kappa shape index (κ2) is 7.30. The number of guanidine groups is 2. The zero-order valence-electron chi connectivity index (χ0n) is 17.7. The van der Waals surface area contributed by atoms with Gasteiger partial charge in [0.1, 0.15) is 6.04 Å². The second-order valence-electron chi connectivity index (χ2n) is 8.85. The quantitative estimate of drug-likeness (QED) is 0.0936. The summed E-state index contributed by atoms with van der Waals surface area (Å²) in [6, 6.07) is 1.89. The molecule has 3 aliphatic heterocycles. The molecule has 0 radical (unpaired) electrons. The molecule has 0 saturated carbocycles. The van der Waals surface area contributed by atoms with Gasteiger partial charge in [-0.3, -0.25) is 25.8 Å². The molecule has 13 nitrogen and oxygen atoms in total. The van der Waals surface area contributed by atoms with Crippen LogP contribution in [0.4, 0.5) is 0 Å². The van der Waals surface area contributed by atoms with E-state index in [4.69, 9.17) is 16.7 Å². The molecule has 1 fully saturated rings. The molecule has 0 aromatic heterocycles. The molecule has 1 aromatic rings. The Bertz CT molecular complexity index is 1100. The first kappa shape index (κ1) is 21.4. The Morgan fingerprint density at radius 3 is 2.73 bits per heavy atom. The van der Waals surface area contributed by atoms with Crippen molar-refractivity contribution in [3.63, 3.8) is 0 Å². The molecule has 3 heterocycles. The van der Waals surface area contributed by atoms with Gasteiger partial charge < -0.3 is 26.6 Å². The monoisotopic (exact) mass is 459 g/mol. The van der Waals surface area contributed by atoms with Crippen LogP contribution in [0.2, 0.25) is 0 Å². The van der Waals surface area contributed by atoms with E-state index in [9.17, 15) is 19.8 Å². The zero-order valence-corrected chi connectivity index (χ0v) is 17.7. The first-order valence-corrected chi connectivity index (χ1v) is 10.8. The number of nitrogens with zero attached hydrogens (tertiary/aromatic N) is 2. The normalized spacial score (nSPS) is 31.4. The van der Waals surface area contributed by atoms with E-state index < -0.39 is 41.4 Å². The number of amides is 2. The Balaban J connectivity index is 1.50. The van der Waals surface area contributed by atoms with Gasteiger partial charge in [-0.05, 0) is 42.9 Å². The van der Waals surface area contributed by atoms with Crippen molar-refractivity contribution in [1.82, 2.24) is 21.4 Å². The maximum atomic E-state index is 13.2. The summed E-state index contributed by atoms with van der Waals surface area (Å²) in [4.78, 5) is 29.7. The summed E-state index contributed by atoms with van der Waals surface area (Å²) in [5.74, 6) is -4.19. The van der Waals surface area contributed by atoms with E-state index in [0.717, 1.165) is 36.8 Å². The van der Waals surface area contributed by atoms with Crippen molar-refractivity contribution >= 4 is 23.7 Å². The number of fused-ring (bicyclic) bond motifs is 1. The lowest BCUT2D eigenvalue weighted by Gasteiger charge is -2.43. The standard InChI is InChI=1S/C20H26N8O5/c21-17-25-14-13(16(30)27-33)24-18(22)28-8-12(20(31,32)19(14,28)26-17)23-15(29)11-7-3-5-9-4-1-2-6-10(9)11/h3,5,7,12-14,31-32H,1-2,4,6,8H2,(H8,21,22,23,24,25,26,27,29,30,33)/p+1/t12-,13?,14-,19-/m0/s1. The highest BCUT2D eigenvalue weighted by atomic mass is 16.5. The Labute approximate surface area is 188 Å². The van der Waals surface area contributed by atoms with Crippen LogP contribution >= 0.6 is 0 Å². The molecule has 5 rings (SSSR count). The highest BCUT2D eigenvalue weighted by molar-refractivity contribution is 5.96. The Morgan fingerprint density at radius 1 is 1.21 bits per heavy atom. The maximum absolute atomic E-state index is 13.2. The van der Waals surface area contributed by atoms with E-state index in [1.54, 1.807) is 6.07 Å². The molecule has 1 spiro atoms. The van der Waals surface area contributed by atoms with Gasteiger partial charge in [0, 0.05) is 5.56 Å². The SMILES string of the molecule is NC1=N[C@H]2C(C(=O)NO)NC(N)=[N+]3C[C@H](NC(=O)c4cccc5c4CCCC5)C(O)(O)[C@]23N1. The number of nitrogens with one attached hydrogen (secondary N) is 4. The molecule has 11 N–H and O–H groups in total. The number of hydrogen-bond donors (Lipinski definition) is 9. The summed E-state index contributed by atoms with van der Waals surface area (Å²) >= 11 is 0. The van der Waals surface area contributed by atoms with E-state index in [1.165, 1.54) is 10.1 Å². The summed E-state index contributed by atoms with van der Waals surface area (Å²) in [6.07, 6.45) is 3.72. The smallest absolute Gasteiger partial charge is 0.346 e. The van der Waals surface area contributed by atoms with E-state index >= 15 is 0 Å². The van der Waals surface area contributed by atoms with Crippen molar-refractivity contribution in [1.29, 1.82) is 0 Å². The predicted molar refractivity (Wildman–Crippen MR) is 114 cm³/mol. The van der Waals surface area contributed by atoms with Crippen LogP contribution in [0.5, 0.6) is 0 Å². The molecule has 1 aliphatic carbocycles. The van der Waals surface area contributed by atoms with Crippen molar-refractivity contribution < 1.29 is 29.6 Å². The summed E-state index contributed by atoms with van der Waals surface area (Å²) in [5, 5.41) is 40.1. The highest BCUT2D eigenvalue weighted by Crippen LogP contribution is 2.41. The van der Waals surface area contributed by atoms with Crippen LogP contribution < -0.4 is 32.9 Å². The number of aryl methyl sites for hydroxylation is 1. The van der Waals surface area contributed by atoms with Gasteiger partial charge in [-0.2, -0.15) is 0 Å². The predicted octanol–water partition coefficient (Wildman–Crippen LogP) is -3.85. The van der Waals surface area contributed by atoms with Gasteiger partial charge in [0.15, 0.2) is 18.0 Å².